The van der Waals surface area contributed by atoms with Crippen LogP contribution < -0.4 is 10.0 Å². The van der Waals surface area contributed by atoms with E-state index in [0.717, 1.165) is 15.8 Å². The molecule has 0 saturated heterocycles. The Kier molecular flexibility index (Phi) is 8.18. The highest BCUT2D eigenvalue weighted by atomic mass is 32.2. The molecule has 144 valence electrons. The van der Waals surface area contributed by atoms with Crippen LogP contribution in [0.1, 0.15) is 16.9 Å². The summed E-state index contributed by atoms with van der Waals surface area (Å²) >= 11 is 1.51. The van der Waals surface area contributed by atoms with Crippen molar-refractivity contribution in [1.82, 2.24) is 10.0 Å². The fourth-order valence-electron chi connectivity index (χ4n) is 1.94. The minimum absolute atomic E-state index is 0.114. The number of amides is 1. The van der Waals surface area contributed by atoms with E-state index in [1.807, 2.05) is 23.6 Å². The van der Waals surface area contributed by atoms with Crippen LogP contribution >= 0.6 is 11.3 Å². The van der Waals surface area contributed by atoms with E-state index in [-0.39, 0.29) is 13.0 Å². The molecule has 2 N–H and O–H groups in total. The molecule has 0 saturated carbocycles. The zero-order valence-electron chi connectivity index (χ0n) is 14.5. The summed E-state index contributed by atoms with van der Waals surface area (Å²) in [7, 11) is -3.66. The number of benzene rings is 1. The number of carbonyl (C=O) groups is 2. The second-order valence-electron chi connectivity index (χ2n) is 5.42. The molecule has 2 rings (SSSR count). The zero-order chi connectivity index (χ0) is 19.5. The van der Waals surface area contributed by atoms with Gasteiger partial charge in [0.25, 0.3) is 5.91 Å². The lowest BCUT2D eigenvalue weighted by atomic mass is 10.2. The van der Waals surface area contributed by atoms with Crippen LogP contribution in [0.5, 0.6) is 0 Å². The van der Waals surface area contributed by atoms with Gasteiger partial charge in [0, 0.05) is 16.8 Å². The van der Waals surface area contributed by atoms with Gasteiger partial charge in [0.1, 0.15) is 0 Å². The van der Waals surface area contributed by atoms with Gasteiger partial charge in [0.2, 0.25) is 10.0 Å². The third-order valence-electron chi connectivity index (χ3n) is 3.28. The number of nitrogens with one attached hydrogen (secondary N) is 2. The molecular formula is C18H20N2O5S2. The van der Waals surface area contributed by atoms with Crippen molar-refractivity contribution in [2.45, 2.75) is 13.0 Å². The Balaban J connectivity index is 1.63. The highest BCUT2D eigenvalue weighted by Gasteiger charge is 2.10. The summed E-state index contributed by atoms with van der Waals surface area (Å²) < 4.78 is 30.8. The Labute approximate surface area is 162 Å². The molecule has 9 heteroatoms. The van der Waals surface area contributed by atoms with Gasteiger partial charge in [-0.25, -0.2) is 13.1 Å². The maximum atomic E-state index is 11.8. The Morgan fingerprint density at radius 3 is 2.59 bits per heavy atom. The van der Waals surface area contributed by atoms with Crippen molar-refractivity contribution >= 4 is 39.3 Å². The molecule has 1 amide bonds. The Morgan fingerprint density at radius 2 is 1.89 bits per heavy atom. The number of carbonyl (C=O) groups excluding carboxylic acids is 2. The zero-order valence-corrected chi connectivity index (χ0v) is 16.1. The lowest BCUT2D eigenvalue weighted by Crippen LogP contribution is -2.29. The summed E-state index contributed by atoms with van der Waals surface area (Å²) in [5.74, 6) is -1.07. The van der Waals surface area contributed by atoms with Gasteiger partial charge in [-0.15, -0.1) is 11.3 Å². The van der Waals surface area contributed by atoms with Crippen LogP contribution in [-0.2, 0) is 30.9 Å². The van der Waals surface area contributed by atoms with Crippen molar-refractivity contribution in [1.29, 1.82) is 0 Å². The number of rotatable bonds is 10. The third kappa shape index (κ3) is 8.63. The van der Waals surface area contributed by atoms with Crippen LogP contribution in [0.3, 0.4) is 0 Å². The molecule has 0 aliphatic heterocycles. The number of hydrogen-bond donors (Lipinski definition) is 2. The maximum absolute atomic E-state index is 11.8. The molecule has 0 aliphatic carbocycles. The van der Waals surface area contributed by atoms with Crippen molar-refractivity contribution in [3.8, 4) is 0 Å². The fourth-order valence-corrected chi connectivity index (χ4v) is 3.41. The highest BCUT2D eigenvalue weighted by Crippen LogP contribution is 2.07. The van der Waals surface area contributed by atoms with Gasteiger partial charge >= 0.3 is 5.97 Å². The number of sulfonamides is 1. The van der Waals surface area contributed by atoms with Gasteiger partial charge in [-0.05, 0) is 23.1 Å². The van der Waals surface area contributed by atoms with Crippen LogP contribution in [0, 0.1) is 0 Å². The minimum atomic E-state index is -3.66. The van der Waals surface area contributed by atoms with Gasteiger partial charge < -0.3 is 10.1 Å². The molecule has 0 fully saturated rings. The van der Waals surface area contributed by atoms with Crippen molar-refractivity contribution in [3.63, 3.8) is 0 Å². The number of ether oxygens (including phenoxy) is 1. The van der Waals surface area contributed by atoms with Gasteiger partial charge in [0.05, 0.1) is 13.0 Å². The first-order valence-electron chi connectivity index (χ1n) is 8.12. The predicted octanol–water partition coefficient (Wildman–Crippen LogP) is 1.89. The first-order valence-corrected chi connectivity index (χ1v) is 10.5. The number of esters is 1. The Bertz CT molecular complexity index is 862. The largest absolute Gasteiger partial charge is 0.456 e. The highest BCUT2D eigenvalue weighted by molar-refractivity contribution is 7.92. The molecule has 0 unspecified atom stereocenters. The van der Waals surface area contributed by atoms with Crippen LogP contribution in [-0.4, -0.2) is 33.4 Å². The summed E-state index contributed by atoms with van der Waals surface area (Å²) in [6.45, 7) is -0.135. The maximum Gasteiger partial charge on any atom is 0.307 e. The molecule has 1 heterocycles. The number of hydrogen-bond acceptors (Lipinski definition) is 6. The summed E-state index contributed by atoms with van der Waals surface area (Å²) in [5, 5.41) is 5.56. The molecule has 2 aromatic rings. The lowest BCUT2D eigenvalue weighted by Gasteiger charge is -2.06. The number of thiophene rings is 1. The Morgan fingerprint density at radius 1 is 1.11 bits per heavy atom. The average molecular weight is 409 g/mol. The summed E-state index contributed by atoms with van der Waals surface area (Å²) in [5.41, 5.74) is 0.746. The van der Waals surface area contributed by atoms with Crippen LogP contribution in [0.25, 0.3) is 6.08 Å². The van der Waals surface area contributed by atoms with E-state index in [0.29, 0.717) is 6.54 Å². The predicted molar refractivity (Wildman–Crippen MR) is 104 cm³/mol. The molecule has 0 radical (unpaired) electrons. The molecule has 27 heavy (non-hydrogen) atoms. The monoisotopic (exact) mass is 408 g/mol. The van der Waals surface area contributed by atoms with Gasteiger partial charge in [-0.2, -0.15) is 0 Å². The molecule has 0 spiro atoms. The van der Waals surface area contributed by atoms with Gasteiger partial charge in [-0.1, -0.05) is 36.4 Å². The van der Waals surface area contributed by atoms with E-state index in [1.165, 1.54) is 17.4 Å². The molecule has 1 aromatic carbocycles. The van der Waals surface area contributed by atoms with E-state index in [9.17, 15) is 18.0 Å². The summed E-state index contributed by atoms with van der Waals surface area (Å²) in [6, 6.07) is 12.7. The minimum Gasteiger partial charge on any atom is -0.456 e. The third-order valence-corrected chi connectivity index (χ3v) is 5.25. The first-order chi connectivity index (χ1) is 12.9. The molecule has 0 bridgehead atoms. The standard InChI is InChI=1S/C18H20N2O5S2/c21-17(19-13-16-7-4-11-26-16)14-25-18(22)8-10-20-27(23,24)12-9-15-5-2-1-3-6-15/h1-7,9,11-12,20H,8,10,13-14H2,(H,19,21)/b12-9+. The SMILES string of the molecule is O=C(COC(=O)CCNS(=O)(=O)/C=C/c1ccccc1)NCc1cccs1. The molecule has 0 atom stereocenters. The average Bonchev–Trinajstić information content (AvgIpc) is 3.17. The Hall–Kier alpha value is -2.49. The molecular weight excluding hydrogens is 388 g/mol. The first kappa shape index (κ1) is 20.8. The summed E-state index contributed by atoms with van der Waals surface area (Å²) in [4.78, 5) is 24.2. The topological polar surface area (TPSA) is 102 Å². The van der Waals surface area contributed by atoms with Crippen molar-refractivity contribution in [2.75, 3.05) is 13.2 Å². The van der Waals surface area contributed by atoms with Crippen molar-refractivity contribution in [3.05, 3.63) is 63.7 Å². The van der Waals surface area contributed by atoms with Gasteiger partial charge in [-0.3, -0.25) is 9.59 Å². The quantitative estimate of drug-likeness (QED) is 0.585. The van der Waals surface area contributed by atoms with Crippen LogP contribution in [0.15, 0.2) is 53.3 Å². The summed E-state index contributed by atoms with van der Waals surface area (Å²) in [6.07, 6.45) is 1.29. The second-order valence-corrected chi connectivity index (χ2v) is 8.10. The fraction of sp³-hybridized carbons (Fsp3) is 0.222. The van der Waals surface area contributed by atoms with Crippen molar-refractivity contribution in [2.24, 2.45) is 0 Å². The van der Waals surface area contributed by atoms with Gasteiger partial charge in [0.15, 0.2) is 6.61 Å². The smallest absolute Gasteiger partial charge is 0.307 e. The van der Waals surface area contributed by atoms with E-state index in [2.05, 4.69) is 10.0 Å². The van der Waals surface area contributed by atoms with E-state index >= 15 is 0 Å². The molecule has 7 nitrogen and oxygen atoms in total. The van der Waals surface area contributed by atoms with E-state index in [4.69, 9.17) is 4.74 Å². The van der Waals surface area contributed by atoms with E-state index in [1.54, 1.807) is 24.3 Å². The van der Waals surface area contributed by atoms with Crippen LogP contribution in [0.4, 0.5) is 0 Å². The molecule has 0 aliphatic rings. The van der Waals surface area contributed by atoms with E-state index < -0.39 is 28.5 Å². The lowest BCUT2D eigenvalue weighted by molar-refractivity contribution is -0.148. The normalized spacial score (nSPS) is 11.4. The van der Waals surface area contributed by atoms with Crippen molar-refractivity contribution < 1.29 is 22.7 Å². The molecule has 1 aromatic heterocycles. The second kappa shape index (κ2) is 10.6. The van der Waals surface area contributed by atoms with Crippen LogP contribution in [0.2, 0.25) is 0 Å².